The second-order valence-corrected chi connectivity index (χ2v) is 15.8. The third kappa shape index (κ3) is 5.61. The third-order valence-electron chi connectivity index (χ3n) is 7.26. The van der Waals surface area contributed by atoms with E-state index in [2.05, 4.69) is 49.4 Å². The maximum atomic E-state index is 13.5. The van der Waals surface area contributed by atoms with Gasteiger partial charge in [-0.05, 0) is 6.07 Å². The van der Waals surface area contributed by atoms with Crippen molar-refractivity contribution in [2.45, 2.75) is 49.7 Å². The van der Waals surface area contributed by atoms with Crippen LogP contribution in [-0.2, 0) is 36.7 Å². The van der Waals surface area contributed by atoms with Crippen LogP contribution in [0.4, 0.5) is 11.8 Å². The van der Waals surface area contributed by atoms with E-state index in [0.717, 1.165) is 0 Å². The summed E-state index contributed by atoms with van der Waals surface area (Å²) >= 11 is 8.38. The summed E-state index contributed by atoms with van der Waals surface area (Å²) in [5.41, 5.74) is 11.8. The van der Waals surface area contributed by atoms with Crippen molar-refractivity contribution >= 4 is 72.1 Å². The van der Waals surface area contributed by atoms with Crippen LogP contribution >= 0.6 is 38.1 Å². The van der Waals surface area contributed by atoms with E-state index in [-0.39, 0.29) is 43.2 Å². The first-order chi connectivity index (χ1) is 20.5. The number of aromatic amines is 1. The van der Waals surface area contributed by atoms with Crippen LogP contribution in [0, 0.1) is 0 Å². The molecular weight excluding hydrogens is 648 g/mol. The van der Waals surface area contributed by atoms with Gasteiger partial charge in [-0.25, -0.2) is 24.1 Å². The van der Waals surface area contributed by atoms with Gasteiger partial charge in [0.2, 0.25) is 5.95 Å². The van der Waals surface area contributed by atoms with Crippen molar-refractivity contribution in [3.8, 4) is 0 Å². The Hall–Kier alpha value is -2.51. The lowest BCUT2D eigenvalue weighted by Crippen LogP contribution is -2.28. The molecule has 0 aromatic carbocycles. The highest BCUT2D eigenvalue weighted by atomic mass is 32.7. The first kappa shape index (κ1) is 29.2. The summed E-state index contributed by atoms with van der Waals surface area (Å²) < 4.78 is 65.2. The molecule has 0 spiro atoms. The predicted molar refractivity (Wildman–Crippen MR) is 156 cm³/mol. The Morgan fingerprint density at radius 3 is 2.51 bits per heavy atom. The summed E-state index contributed by atoms with van der Waals surface area (Å²) in [5, 5.41) is 0.625. The number of nitrogens with two attached hydrogens (primary N) is 2. The molecule has 3 aliphatic heterocycles. The van der Waals surface area contributed by atoms with E-state index in [0.29, 0.717) is 16.9 Å². The van der Waals surface area contributed by atoms with Crippen LogP contribution in [0.15, 0.2) is 29.7 Å². The molecule has 0 aliphatic carbocycles. The number of H-pyrrole nitrogens is 1. The first-order valence-corrected chi connectivity index (χ1v) is 18.3. The molecule has 5 N–H and O–H groups in total. The number of hydrogen-bond donors (Lipinski definition) is 5. The highest BCUT2D eigenvalue weighted by Crippen LogP contribution is 2.60. The quantitative estimate of drug-likeness (QED) is 0.151. The van der Waals surface area contributed by atoms with Crippen LogP contribution in [0.25, 0.3) is 22.2 Å². The zero-order valence-electron chi connectivity index (χ0n) is 21.9. The van der Waals surface area contributed by atoms with E-state index < -0.39 is 56.0 Å². The van der Waals surface area contributed by atoms with E-state index in [1.807, 2.05) is 0 Å². The lowest BCUT2D eigenvalue weighted by molar-refractivity contribution is -0.0556. The zero-order valence-corrected chi connectivity index (χ0v) is 25.5. The Morgan fingerprint density at radius 2 is 1.70 bits per heavy atom. The van der Waals surface area contributed by atoms with Gasteiger partial charge in [-0.1, -0.05) is 24.5 Å². The summed E-state index contributed by atoms with van der Waals surface area (Å²) in [7, 11) is 0. The van der Waals surface area contributed by atoms with E-state index in [1.165, 1.54) is 17.2 Å². The maximum Gasteiger partial charge on any atom is 0.386 e. The first-order valence-electron chi connectivity index (χ1n) is 12.9. The number of anilines is 2. The molecule has 7 rings (SSSR count). The van der Waals surface area contributed by atoms with Crippen LogP contribution in [-0.4, -0.2) is 71.7 Å². The highest BCUT2D eigenvalue weighted by Gasteiger charge is 2.46. The average Bonchev–Trinajstić information content (AvgIpc) is 3.71. The molecule has 4 aromatic heterocycles. The summed E-state index contributed by atoms with van der Waals surface area (Å²) in [6.07, 6.45) is -0.364. The highest BCUT2D eigenvalue weighted by molar-refractivity contribution is 8.44. The molecule has 230 valence electrons. The lowest BCUT2D eigenvalue weighted by Gasteiger charge is -2.26. The number of imidazole rings is 1. The number of aromatic nitrogens is 7. The third-order valence-corrected chi connectivity index (χ3v) is 10.5. The molecule has 3 fully saturated rings. The van der Waals surface area contributed by atoms with Gasteiger partial charge in [0.25, 0.3) is 5.56 Å². The van der Waals surface area contributed by atoms with Crippen LogP contribution in [0.1, 0.15) is 25.3 Å². The van der Waals surface area contributed by atoms with Crippen LogP contribution in [0.2, 0.25) is 0 Å². The van der Waals surface area contributed by atoms with Crippen molar-refractivity contribution in [3.05, 3.63) is 35.3 Å². The van der Waals surface area contributed by atoms with Crippen LogP contribution in [0.3, 0.4) is 0 Å². The molecule has 7 heterocycles. The van der Waals surface area contributed by atoms with E-state index in [1.54, 1.807) is 16.8 Å². The number of nitrogen functional groups attached to an aromatic ring is 2. The number of thiol groups is 2. The summed E-state index contributed by atoms with van der Waals surface area (Å²) in [5.74, 6) is 0.163. The average molecular weight is 674 g/mol. The van der Waals surface area contributed by atoms with E-state index in [9.17, 15) is 13.9 Å². The van der Waals surface area contributed by atoms with Gasteiger partial charge in [-0.15, -0.1) is 0 Å². The fourth-order valence-electron chi connectivity index (χ4n) is 5.40. The minimum atomic E-state index is -4.06. The molecule has 0 amide bonds. The van der Waals surface area contributed by atoms with E-state index >= 15 is 0 Å². The van der Waals surface area contributed by atoms with Crippen LogP contribution in [0.5, 0.6) is 0 Å². The smallest absolute Gasteiger partial charge is 0.383 e. The Labute approximate surface area is 252 Å². The number of nitrogens with zero attached hydrogens (tertiary/aromatic N) is 6. The normalized spacial score (nSPS) is 35.4. The molecule has 3 aliphatic rings. The predicted octanol–water partition coefficient (Wildman–Crippen LogP) is 2.20. The number of nitrogens with one attached hydrogen (secondary N) is 1. The maximum absolute atomic E-state index is 13.5. The van der Waals surface area contributed by atoms with Crippen molar-refractivity contribution in [1.29, 1.82) is 0 Å². The molecule has 43 heavy (non-hydrogen) atoms. The molecule has 2 bridgehead atoms. The van der Waals surface area contributed by atoms with Gasteiger partial charge in [-0.2, -0.15) is 4.98 Å². The fraction of sp³-hybridized carbons (Fsp3) is 0.476. The molecule has 0 saturated carbocycles. The Morgan fingerprint density at radius 1 is 0.930 bits per heavy atom. The number of fused-ring (bicyclic) bond motifs is 5. The van der Waals surface area contributed by atoms with Gasteiger partial charge in [0, 0.05) is 19.0 Å². The number of hydrogen-bond acceptors (Lipinski definition) is 15. The fourth-order valence-corrected chi connectivity index (χ4v) is 8.43. The molecule has 4 aromatic rings. The van der Waals surface area contributed by atoms with Gasteiger partial charge in [-0.3, -0.25) is 32.4 Å². The Balaban J connectivity index is 1.17. The summed E-state index contributed by atoms with van der Waals surface area (Å²) in [6, 6.07) is 1.75. The molecular formula is C21H25N9O9P2S2. The van der Waals surface area contributed by atoms with Crippen molar-refractivity contribution in [3.63, 3.8) is 0 Å². The largest absolute Gasteiger partial charge is 0.386 e. The number of ether oxygens (including phenoxy) is 2. The Bertz CT molecular complexity index is 1870. The minimum Gasteiger partial charge on any atom is -0.383 e. The monoisotopic (exact) mass is 673 g/mol. The lowest BCUT2D eigenvalue weighted by atomic mass is 10.2. The van der Waals surface area contributed by atoms with Crippen molar-refractivity contribution < 1.29 is 36.7 Å². The van der Waals surface area contributed by atoms with Gasteiger partial charge < -0.3 is 25.5 Å². The Kier molecular flexibility index (Phi) is 7.36. The van der Waals surface area contributed by atoms with Gasteiger partial charge in [0.15, 0.2) is 17.4 Å². The molecule has 22 heteroatoms. The van der Waals surface area contributed by atoms with Gasteiger partial charge in [0.1, 0.15) is 42.3 Å². The minimum absolute atomic E-state index is 0.00724. The van der Waals surface area contributed by atoms with Gasteiger partial charge >= 0.3 is 13.6 Å². The number of rotatable bonds is 2. The van der Waals surface area contributed by atoms with Crippen LogP contribution < -0.4 is 17.0 Å². The van der Waals surface area contributed by atoms with E-state index in [4.69, 9.17) is 39.0 Å². The summed E-state index contributed by atoms with van der Waals surface area (Å²) in [4.78, 5) is 31.2. The van der Waals surface area contributed by atoms with Crippen molar-refractivity contribution in [2.75, 3.05) is 24.7 Å². The standard InChI is InChI=1S/C21H25N9O9P2S2/c22-16-10-1-2-29(17(10)25-7-24-16)14-4-11-13(37-14)6-35-41(33,43)39-12-3-9(5-34-40(32,42)38-11)36-20(12)30-8-26-15-18(30)27-21(23)28-19(15)31/h1-2,7-9,11-14,20H,3-6H2,(H,32,42)(H,33,43)(H2,22,24,25)(H3,23,27,28,31)/t9-,11-,12+,13+,14+,20+,40+,41-/m0/s1. The second-order valence-electron chi connectivity index (χ2n) is 10.1. The topological polar surface area (TPSA) is 236 Å². The zero-order chi connectivity index (χ0) is 30.1. The van der Waals surface area contributed by atoms with Crippen molar-refractivity contribution in [2.24, 2.45) is 0 Å². The van der Waals surface area contributed by atoms with Gasteiger partial charge in [0.05, 0.1) is 31.0 Å². The molecule has 8 atom stereocenters. The second kappa shape index (κ2) is 10.8. The molecule has 0 radical (unpaired) electrons. The van der Waals surface area contributed by atoms with Crippen molar-refractivity contribution in [1.82, 2.24) is 34.1 Å². The summed E-state index contributed by atoms with van der Waals surface area (Å²) in [6.45, 7) is -8.58. The SMILES string of the molecule is Nc1nc2c(ncn2[C@@H]2O[C@@H]3CO[P@@](=O)(S)O[C@H]4C[C@H](n5ccc6c(N)ncnc65)O[C@@H]4CO[P@](=O)(S)O[C@@H]2C3)c(=O)[nH]1. The molecule has 18 nitrogen and oxygen atoms in total. The molecule has 3 saturated heterocycles. The molecule has 0 unspecified atom stereocenters.